The SMILES string of the molecule is CCC(Cc1ncc(C)c(OC)c1C)C(C)=O. The molecule has 1 unspecified atom stereocenters. The number of aromatic nitrogens is 1. The monoisotopic (exact) mass is 235 g/mol. The van der Waals surface area contributed by atoms with Crippen LogP contribution in [0.25, 0.3) is 0 Å². The first-order valence-electron chi connectivity index (χ1n) is 6.00. The highest BCUT2D eigenvalue weighted by Gasteiger charge is 2.17. The zero-order valence-corrected chi connectivity index (χ0v) is 11.3. The van der Waals surface area contributed by atoms with Crippen LogP contribution in [0.4, 0.5) is 0 Å². The van der Waals surface area contributed by atoms with Gasteiger partial charge in [-0.2, -0.15) is 0 Å². The molecule has 3 heteroatoms. The molecule has 0 aromatic carbocycles. The van der Waals surface area contributed by atoms with Crippen molar-refractivity contribution in [1.29, 1.82) is 0 Å². The third-order valence-corrected chi connectivity index (χ3v) is 3.26. The maximum Gasteiger partial charge on any atom is 0.133 e. The van der Waals surface area contributed by atoms with Crippen molar-refractivity contribution in [3.8, 4) is 5.75 Å². The number of aryl methyl sites for hydroxylation is 1. The maximum atomic E-state index is 11.5. The van der Waals surface area contributed by atoms with Crippen LogP contribution in [0, 0.1) is 19.8 Å². The number of methoxy groups -OCH3 is 1. The van der Waals surface area contributed by atoms with E-state index in [4.69, 9.17) is 4.74 Å². The smallest absolute Gasteiger partial charge is 0.133 e. The van der Waals surface area contributed by atoms with Crippen LogP contribution in [0.1, 0.15) is 37.1 Å². The zero-order valence-electron chi connectivity index (χ0n) is 11.3. The molecule has 1 atom stereocenters. The molecule has 94 valence electrons. The van der Waals surface area contributed by atoms with Gasteiger partial charge in [0.25, 0.3) is 0 Å². The topological polar surface area (TPSA) is 39.2 Å². The Hall–Kier alpha value is -1.38. The van der Waals surface area contributed by atoms with Crippen molar-refractivity contribution in [2.24, 2.45) is 5.92 Å². The van der Waals surface area contributed by atoms with Gasteiger partial charge in [0.1, 0.15) is 11.5 Å². The van der Waals surface area contributed by atoms with E-state index in [9.17, 15) is 4.79 Å². The van der Waals surface area contributed by atoms with E-state index >= 15 is 0 Å². The largest absolute Gasteiger partial charge is 0.496 e. The van der Waals surface area contributed by atoms with Crippen LogP contribution in [0.3, 0.4) is 0 Å². The summed E-state index contributed by atoms with van der Waals surface area (Å²) in [6.07, 6.45) is 3.37. The van der Waals surface area contributed by atoms with Crippen molar-refractivity contribution < 1.29 is 9.53 Å². The number of nitrogens with zero attached hydrogens (tertiary/aromatic N) is 1. The lowest BCUT2D eigenvalue weighted by molar-refractivity contribution is -0.120. The predicted octanol–water partition coefficient (Wildman–Crippen LogP) is 2.86. The van der Waals surface area contributed by atoms with Crippen LogP contribution in [0.5, 0.6) is 5.75 Å². The molecule has 0 radical (unpaired) electrons. The van der Waals surface area contributed by atoms with Gasteiger partial charge in [0.2, 0.25) is 0 Å². The van der Waals surface area contributed by atoms with Gasteiger partial charge in [-0.25, -0.2) is 0 Å². The molecule has 1 aromatic heterocycles. The van der Waals surface area contributed by atoms with E-state index in [0.29, 0.717) is 6.42 Å². The lowest BCUT2D eigenvalue weighted by atomic mass is 9.94. The molecule has 0 amide bonds. The van der Waals surface area contributed by atoms with Crippen LogP contribution in [-0.4, -0.2) is 17.9 Å². The summed E-state index contributed by atoms with van der Waals surface area (Å²) in [5.74, 6) is 1.18. The molecule has 1 heterocycles. The summed E-state index contributed by atoms with van der Waals surface area (Å²) in [6, 6.07) is 0. The Bertz CT molecular complexity index is 413. The van der Waals surface area contributed by atoms with Crippen molar-refractivity contribution >= 4 is 5.78 Å². The molecule has 0 aliphatic heterocycles. The summed E-state index contributed by atoms with van der Waals surface area (Å²) in [5, 5.41) is 0. The number of hydrogen-bond acceptors (Lipinski definition) is 3. The third-order valence-electron chi connectivity index (χ3n) is 3.26. The van der Waals surface area contributed by atoms with Crippen molar-refractivity contribution in [3.63, 3.8) is 0 Å². The lowest BCUT2D eigenvalue weighted by Gasteiger charge is -2.15. The van der Waals surface area contributed by atoms with E-state index in [1.807, 2.05) is 27.0 Å². The van der Waals surface area contributed by atoms with E-state index in [2.05, 4.69) is 4.98 Å². The number of ketones is 1. The van der Waals surface area contributed by atoms with E-state index in [1.165, 1.54) is 0 Å². The van der Waals surface area contributed by atoms with Crippen LogP contribution < -0.4 is 4.74 Å². The average molecular weight is 235 g/mol. The lowest BCUT2D eigenvalue weighted by Crippen LogP contribution is -2.15. The number of carbonyl (C=O) groups is 1. The fourth-order valence-corrected chi connectivity index (χ4v) is 2.09. The highest BCUT2D eigenvalue weighted by Crippen LogP contribution is 2.26. The molecule has 0 aliphatic carbocycles. The number of rotatable bonds is 5. The van der Waals surface area contributed by atoms with E-state index in [-0.39, 0.29) is 11.7 Å². The Morgan fingerprint density at radius 1 is 1.47 bits per heavy atom. The molecule has 0 N–H and O–H groups in total. The van der Waals surface area contributed by atoms with Crippen molar-refractivity contribution in [2.45, 2.75) is 40.5 Å². The Morgan fingerprint density at radius 3 is 2.59 bits per heavy atom. The molecule has 1 rings (SSSR count). The van der Waals surface area contributed by atoms with Crippen LogP contribution in [0.2, 0.25) is 0 Å². The summed E-state index contributed by atoms with van der Waals surface area (Å²) in [6.45, 7) is 7.66. The van der Waals surface area contributed by atoms with Gasteiger partial charge in [0.15, 0.2) is 0 Å². The van der Waals surface area contributed by atoms with Gasteiger partial charge in [0.05, 0.1) is 7.11 Å². The molecular formula is C14H21NO2. The van der Waals surface area contributed by atoms with Crippen LogP contribution in [-0.2, 0) is 11.2 Å². The van der Waals surface area contributed by atoms with Crippen LogP contribution in [0.15, 0.2) is 6.20 Å². The average Bonchev–Trinajstić information content (AvgIpc) is 2.28. The number of ether oxygens (including phenoxy) is 1. The normalized spacial score (nSPS) is 12.3. The molecule has 3 nitrogen and oxygen atoms in total. The fraction of sp³-hybridized carbons (Fsp3) is 0.571. The standard InChI is InChI=1S/C14H21NO2/c1-6-12(11(4)16)7-13-10(3)14(17-5)9(2)8-15-13/h8,12H,6-7H2,1-5H3. The van der Waals surface area contributed by atoms with E-state index in [0.717, 1.165) is 29.0 Å². The first-order valence-corrected chi connectivity index (χ1v) is 6.00. The Morgan fingerprint density at radius 2 is 2.12 bits per heavy atom. The molecule has 0 spiro atoms. The number of hydrogen-bond donors (Lipinski definition) is 0. The quantitative estimate of drug-likeness (QED) is 0.787. The fourth-order valence-electron chi connectivity index (χ4n) is 2.09. The Kier molecular flexibility index (Phi) is 4.67. The Balaban J connectivity index is 3.03. The third kappa shape index (κ3) is 3.05. The minimum absolute atomic E-state index is 0.0635. The predicted molar refractivity (Wildman–Crippen MR) is 68.4 cm³/mol. The van der Waals surface area contributed by atoms with E-state index < -0.39 is 0 Å². The zero-order chi connectivity index (χ0) is 13.0. The van der Waals surface area contributed by atoms with Gasteiger partial charge < -0.3 is 4.74 Å². The van der Waals surface area contributed by atoms with Crippen molar-refractivity contribution in [3.05, 3.63) is 23.0 Å². The van der Waals surface area contributed by atoms with Gasteiger partial charge in [0, 0.05) is 28.9 Å². The Labute approximate surface area is 103 Å². The first kappa shape index (κ1) is 13.7. The van der Waals surface area contributed by atoms with Crippen LogP contribution >= 0.6 is 0 Å². The minimum atomic E-state index is 0.0635. The van der Waals surface area contributed by atoms with Gasteiger partial charge in [-0.15, -0.1) is 0 Å². The van der Waals surface area contributed by atoms with Gasteiger partial charge in [-0.3, -0.25) is 9.78 Å². The van der Waals surface area contributed by atoms with E-state index in [1.54, 1.807) is 14.0 Å². The summed E-state index contributed by atoms with van der Waals surface area (Å²) in [7, 11) is 1.67. The number of Topliss-reactive ketones (excluding diaryl/α,β-unsaturated/α-hetero) is 1. The van der Waals surface area contributed by atoms with Gasteiger partial charge in [-0.1, -0.05) is 6.92 Å². The molecule has 0 saturated carbocycles. The molecule has 0 bridgehead atoms. The molecule has 17 heavy (non-hydrogen) atoms. The molecule has 0 fully saturated rings. The van der Waals surface area contributed by atoms with Gasteiger partial charge in [-0.05, 0) is 33.6 Å². The molecule has 1 aromatic rings. The highest BCUT2D eigenvalue weighted by molar-refractivity contribution is 5.78. The second-order valence-corrected chi connectivity index (χ2v) is 4.47. The van der Waals surface area contributed by atoms with Crippen molar-refractivity contribution in [1.82, 2.24) is 4.98 Å². The number of pyridine rings is 1. The first-order chi connectivity index (χ1) is 8.01. The van der Waals surface area contributed by atoms with Gasteiger partial charge >= 0.3 is 0 Å². The summed E-state index contributed by atoms with van der Waals surface area (Å²) in [5.41, 5.74) is 3.05. The molecular weight excluding hydrogens is 214 g/mol. The second-order valence-electron chi connectivity index (χ2n) is 4.47. The molecule has 0 saturated heterocycles. The summed E-state index contributed by atoms with van der Waals surface area (Å²) in [4.78, 5) is 15.9. The highest BCUT2D eigenvalue weighted by atomic mass is 16.5. The minimum Gasteiger partial charge on any atom is -0.496 e. The number of carbonyl (C=O) groups excluding carboxylic acids is 1. The maximum absolute atomic E-state index is 11.5. The summed E-state index contributed by atoms with van der Waals surface area (Å²) < 4.78 is 5.37. The molecule has 0 aliphatic rings. The second kappa shape index (κ2) is 5.80. The summed E-state index contributed by atoms with van der Waals surface area (Å²) >= 11 is 0. The van der Waals surface area contributed by atoms with Crippen molar-refractivity contribution in [2.75, 3.05) is 7.11 Å².